The van der Waals surface area contributed by atoms with Gasteiger partial charge in [-0.05, 0) is 82.6 Å². The molecule has 0 aliphatic rings. The number of benzene rings is 9. The van der Waals surface area contributed by atoms with Crippen LogP contribution in [-0.2, 0) is 0 Å². The molecule has 0 aliphatic heterocycles. The molecule has 4 nitrogen and oxygen atoms in total. The standard InChI is InChI=1S/C52H30N4S/c1-2-12-33(13-3-1)55-45-21-11-9-17-38(45)42-28-31(23-26-46(42)55)32-22-25-39-37-16-8-10-20-44(37)56(47(39)29-32)34-24-27-48-43(30-34)51-52(57-48)54-50-41-19-7-5-15-36(41)35-14-4-6-18-40(35)49(50)53-51/h1-30H. The Morgan fingerprint density at radius 2 is 0.860 bits per heavy atom. The molecule has 0 bridgehead atoms. The quantitative estimate of drug-likeness (QED) is 0.169. The van der Waals surface area contributed by atoms with E-state index in [4.69, 9.17) is 9.97 Å². The van der Waals surface area contributed by atoms with Gasteiger partial charge in [-0.3, -0.25) is 0 Å². The molecule has 0 fully saturated rings. The van der Waals surface area contributed by atoms with E-state index in [0.29, 0.717) is 0 Å². The van der Waals surface area contributed by atoms with Crippen LogP contribution in [0.3, 0.4) is 0 Å². The van der Waals surface area contributed by atoms with Crippen molar-refractivity contribution in [3.63, 3.8) is 0 Å². The molecule has 0 unspecified atom stereocenters. The van der Waals surface area contributed by atoms with E-state index in [1.54, 1.807) is 11.3 Å². The number of nitrogens with zero attached hydrogens (tertiary/aromatic N) is 4. The van der Waals surface area contributed by atoms with Crippen molar-refractivity contribution >= 4 is 108 Å². The van der Waals surface area contributed by atoms with Gasteiger partial charge >= 0.3 is 0 Å². The summed E-state index contributed by atoms with van der Waals surface area (Å²) >= 11 is 1.72. The van der Waals surface area contributed by atoms with E-state index >= 15 is 0 Å². The van der Waals surface area contributed by atoms with E-state index in [1.165, 1.54) is 75.9 Å². The molecule has 4 heterocycles. The maximum Gasteiger partial charge on any atom is 0.143 e. The highest BCUT2D eigenvalue weighted by Gasteiger charge is 2.19. The van der Waals surface area contributed by atoms with Crippen molar-refractivity contribution in [1.82, 2.24) is 19.1 Å². The van der Waals surface area contributed by atoms with Crippen LogP contribution in [0.2, 0.25) is 0 Å². The Morgan fingerprint density at radius 1 is 0.316 bits per heavy atom. The molecule has 13 rings (SSSR count). The Morgan fingerprint density at radius 3 is 1.60 bits per heavy atom. The summed E-state index contributed by atoms with van der Waals surface area (Å²) in [6.07, 6.45) is 0. The highest BCUT2D eigenvalue weighted by molar-refractivity contribution is 7.25. The zero-order chi connectivity index (χ0) is 37.2. The predicted molar refractivity (Wildman–Crippen MR) is 242 cm³/mol. The van der Waals surface area contributed by atoms with Crippen LogP contribution in [0.15, 0.2) is 182 Å². The Hall–Kier alpha value is -7.34. The molecule has 57 heavy (non-hydrogen) atoms. The number of rotatable bonds is 3. The second kappa shape index (κ2) is 11.6. The number of hydrogen-bond donors (Lipinski definition) is 0. The van der Waals surface area contributed by atoms with Crippen LogP contribution in [0.5, 0.6) is 0 Å². The first-order valence-electron chi connectivity index (χ1n) is 19.3. The molecule has 264 valence electrons. The topological polar surface area (TPSA) is 35.6 Å². The molecule has 5 heteroatoms. The second-order valence-corrected chi connectivity index (χ2v) is 16.0. The minimum atomic E-state index is 0.951. The highest BCUT2D eigenvalue weighted by Crippen LogP contribution is 2.41. The van der Waals surface area contributed by atoms with Gasteiger partial charge in [0.2, 0.25) is 0 Å². The maximum atomic E-state index is 5.45. The van der Waals surface area contributed by atoms with Crippen LogP contribution >= 0.6 is 11.3 Å². The summed E-state index contributed by atoms with van der Waals surface area (Å²) in [4.78, 5) is 11.7. The third-order valence-electron chi connectivity index (χ3n) is 11.9. The monoisotopic (exact) mass is 742 g/mol. The van der Waals surface area contributed by atoms with Crippen molar-refractivity contribution in [2.45, 2.75) is 0 Å². The van der Waals surface area contributed by atoms with Gasteiger partial charge in [0.15, 0.2) is 0 Å². The van der Waals surface area contributed by atoms with Gasteiger partial charge in [-0.2, -0.15) is 0 Å². The van der Waals surface area contributed by atoms with Crippen molar-refractivity contribution in [2.75, 3.05) is 0 Å². The minimum Gasteiger partial charge on any atom is -0.309 e. The summed E-state index contributed by atoms with van der Waals surface area (Å²) in [5.41, 5.74) is 12.3. The van der Waals surface area contributed by atoms with E-state index in [-0.39, 0.29) is 0 Å². The van der Waals surface area contributed by atoms with Gasteiger partial charge < -0.3 is 9.13 Å². The fourth-order valence-electron chi connectivity index (χ4n) is 9.36. The number of para-hydroxylation sites is 3. The molecule has 0 radical (unpaired) electrons. The first kappa shape index (κ1) is 30.9. The van der Waals surface area contributed by atoms with Gasteiger partial charge in [-0.25, -0.2) is 9.97 Å². The Labute approximate surface area is 330 Å². The first-order chi connectivity index (χ1) is 28.3. The third kappa shape index (κ3) is 4.37. The van der Waals surface area contributed by atoms with Crippen LogP contribution in [0.25, 0.3) is 119 Å². The molecule has 0 N–H and O–H groups in total. The van der Waals surface area contributed by atoms with Crippen LogP contribution in [0.1, 0.15) is 0 Å². The van der Waals surface area contributed by atoms with Gasteiger partial charge in [0, 0.05) is 53.8 Å². The Bertz CT molecular complexity index is 3810. The summed E-state index contributed by atoms with van der Waals surface area (Å²) in [5.74, 6) is 0. The molecule has 0 amide bonds. The van der Waals surface area contributed by atoms with Crippen LogP contribution in [-0.4, -0.2) is 19.1 Å². The summed E-state index contributed by atoms with van der Waals surface area (Å²) in [7, 11) is 0. The van der Waals surface area contributed by atoms with E-state index in [0.717, 1.165) is 43.2 Å². The van der Waals surface area contributed by atoms with Crippen LogP contribution in [0, 0.1) is 0 Å². The lowest BCUT2D eigenvalue weighted by Gasteiger charge is -2.11. The number of thiophene rings is 1. The lowest BCUT2D eigenvalue weighted by molar-refractivity contribution is 1.18. The minimum absolute atomic E-state index is 0.951. The second-order valence-electron chi connectivity index (χ2n) is 15.0. The zero-order valence-corrected chi connectivity index (χ0v) is 31.3. The zero-order valence-electron chi connectivity index (χ0n) is 30.5. The van der Waals surface area contributed by atoms with E-state index in [1.807, 2.05) is 0 Å². The predicted octanol–water partition coefficient (Wildman–Crippen LogP) is 14.2. The summed E-state index contributed by atoms with van der Waals surface area (Å²) < 4.78 is 5.98. The summed E-state index contributed by atoms with van der Waals surface area (Å²) in [6, 6.07) is 66.0. The van der Waals surface area contributed by atoms with Crippen molar-refractivity contribution in [1.29, 1.82) is 0 Å². The van der Waals surface area contributed by atoms with Gasteiger partial charge in [-0.15, -0.1) is 11.3 Å². The lowest BCUT2D eigenvalue weighted by atomic mass is 9.99. The number of aromatic nitrogens is 4. The smallest absolute Gasteiger partial charge is 0.143 e. The van der Waals surface area contributed by atoms with Gasteiger partial charge in [0.1, 0.15) is 10.3 Å². The highest BCUT2D eigenvalue weighted by atomic mass is 32.1. The van der Waals surface area contributed by atoms with E-state index < -0.39 is 0 Å². The molecule has 0 aliphatic carbocycles. The Balaban J connectivity index is 1.03. The van der Waals surface area contributed by atoms with Gasteiger partial charge in [0.25, 0.3) is 0 Å². The van der Waals surface area contributed by atoms with Crippen molar-refractivity contribution in [3.05, 3.63) is 182 Å². The molecule has 0 atom stereocenters. The molecular formula is C52H30N4S. The summed E-state index contributed by atoms with van der Waals surface area (Å²) in [5, 5.41) is 10.8. The molecule has 9 aromatic carbocycles. The van der Waals surface area contributed by atoms with Crippen LogP contribution < -0.4 is 0 Å². The number of hydrogen-bond acceptors (Lipinski definition) is 3. The fraction of sp³-hybridized carbons (Fsp3) is 0. The van der Waals surface area contributed by atoms with Crippen molar-refractivity contribution < 1.29 is 0 Å². The molecular weight excluding hydrogens is 713 g/mol. The molecule has 13 aromatic rings. The fourth-order valence-corrected chi connectivity index (χ4v) is 10.4. The molecule has 0 saturated carbocycles. The largest absolute Gasteiger partial charge is 0.309 e. The lowest BCUT2D eigenvalue weighted by Crippen LogP contribution is -1.94. The maximum absolute atomic E-state index is 5.45. The molecule has 0 spiro atoms. The van der Waals surface area contributed by atoms with Gasteiger partial charge in [0.05, 0.1) is 33.1 Å². The summed E-state index contributed by atoms with van der Waals surface area (Å²) in [6.45, 7) is 0. The van der Waals surface area contributed by atoms with Gasteiger partial charge in [-0.1, -0.05) is 121 Å². The molecule has 4 aromatic heterocycles. The molecule has 0 saturated heterocycles. The average molecular weight is 743 g/mol. The van der Waals surface area contributed by atoms with E-state index in [2.05, 4.69) is 191 Å². The average Bonchev–Trinajstić information content (AvgIpc) is 3.92. The van der Waals surface area contributed by atoms with E-state index in [9.17, 15) is 0 Å². The Kier molecular flexibility index (Phi) is 6.29. The van der Waals surface area contributed by atoms with Crippen molar-refractivity contribution in [3.8, 4) is 22.5 Å². The van der Waals surface area contributed by atoms with Crippen molar-refractivity contribution in [2.24, 2.45) is 0 Å². The normalized spacial score (nSPS) is 12.2. The first-order valence-corrected chi connectivity index (χ1v) is 20.1. The SMILES string of the molecule is c1ccc(-n2c3ccccc3c3cc(-c4ccc5c6ccccc6n(-c6ccc7sc8nc9c%10ccccc%10c%10ccccc%10c9nc8c7c6)c5c4)ccc32)cc1. The van der Waals surface area contributed by atoms with Crippen LogP contribution in [0.4, 0.5) is 0 Å². The third-order valence-corrected chi connectivity index (χ3v) is 12.9. The number of fused-ring (bicyclic) bond motifs is 15.